The van der Waals surface area contributed by atoms with Crippen molar-refractivity contribution in [3.63, 3.8) is 0 Å². The van der Waals surface area contributed by atoms with Crippen molar-refractivity contribution in [1.29, 1.82) is 0 Å². The van der Waals surface area contributed by atoms with E-state index in [9.17, 15) is 0 Å². The van der Waals surface area contributed by atoms with Crippen LogP contribution in [-0.4, -0.2) is 16.7 Å². The van der Waals surface area contributed by atoms with E-state index in [1.807, 2.05) is 0 Å². The fraction of sp³-hybridized carbons (Fsp3) is 0.818. The monoisotopic (exact) mass is 259 g/mol. The number of hydrogen-bond acceptors (Lipinski definition) is 5. The third-order valence-electron chi connectivity index (χ3n) is 3.58. The second-order valence-electron chi connectivity index (χ2n) is 4.82. The van der Waals surface area contributed by atoms with Crippen molar-refractivity contribution in [1.82, 2.24) is 10.1 Å². The van der Waals surface area contributed by atoms with E-state index in [1.165, 1.54) is 0 Å². The summed E-state index contributed by atoms with van der Waals surface area (Å²) < 4.78 is 10.8. The van der Waals surface area contributed by atoms with Gasteiger partial charge in [-0.25, -0.2) is 0 Å². The molecule has 1 saturated carbocycles. The van der Waals surface area contributed by atoms with Crippen molar-refractivity contribution in [3.05, 3.63) is 11.7 Å². The van der Waals surface area contributed by atoms with Crippen LogP contribution in [0.2, 0.25) is 0 Å². The molecule has 2 N–H and O–H groups in total. The molecule has 0 spiro atoms. The molecule has 3 rings (SSSR count). The van der Waals surface area contributed by atoms with Crippen molar-refractivity contribution >= 4 is 12.4 Å². The van der Waals surface area contributed by atoms with E-state index in [0.717, 1.165) is 45.1 Å². The Morgan fingerprint density at radius 2 is 2.00 bits per heavy atom. The SMILES string of the molecule is Cl.NC1(c2nc(C3CCCO3)no2)CCCC1. The lowest BCUT2D eigenvalue weighted by molar-refractivity contribution is 0.103. The molecule has 0 amide bonds. The molecule has 1 aromatic rings. The van der Waals surface area contributed by atoms with Gasteiger partial charge in [-0.3, -0.25) is 0 Å². The van der Waals surface area contributed by atoms with Gasteiger partial charge >= 0.3 is 0 Å². The molecule has 2 fully saturated rings. The number of aromatic nitrogens is 2. The summed E-state index contributed by atoms with van der Waals surface area (Å²) in [5.74, 6) is 1.26. The number of ether oxygens (including phenoxy) is 1. The Balaban J connectivity index is 0.00000108. The lowest BCUT2D eigenvalue weighted by atomic mass is 9.99. The minimum atomic E-state index is -0.385. The predicted molar refractivity (Wildman–Crippen MR) is 63.8 cm³/mol. The molecule has 1 saturated heterocycles. The van der Waals surface area contributed by atoms with Crippen molar-refractivity contribution in [3.8, 4) is 0 Å². The first-order valence-corrected chi connectivity index (χ1v) is 6.02. The lowest BCUT2D eigenvalue weighted by Gasteiger charge is -2.17. The molecule has 1 atom stereocenters. The van der Waals surface area contributed by atoms with Gasteiger partial charge in [0.1, 0.15) is 6.10 Å². The Kier molecular flexibility index (Phi) is 3.70. The third kappa shape index (κ3) is 2.32. The molecule has 1 aliphatic carbocycles. The van der Waals surface area contributed by atoms with Gasteiger partial charge in [-0.05, 0) is 25.7 Å². The van der Waals surface area contributed by atoms with Crippen LogP contribution in [0.5, 0.6) is 0 Å². The van der Waals surface area contributed by atoms with Crippen LogP contribution in [0, 0.1) is 0 Å². The lowest BCUT2D eigenvalue weighted by Crippen LogP contribution is -2.33. The van der Waals surface area contributed by atoms with Crippen LogP contribution in [0.4, 0.5) is 0 Å². The maximum absolute atomic E-state index is 6.26. The van der Waals surface area contributed by atoms with Crippen LogP contribution < -0.4 is 5.73 Å². The number of nitrogens with zero attached hydrogens (tertiary/aromatic N) is 2. The zero-order valence-corrected chi connectivity index (χ0v) is 10.5. The maximum atomic E-state index is 6.26. The van der Waals surface area contributed by atoms with Crippen LogP contribution in [0.25, 0.3) is 0 Å². The molecular weight excluding hydrogens is 242 g/mol. The Hall–Kier alpha value is -0.650. The number of nitrogens with two attached hydrogens (primary N) is 1. The van der Waals surface area contributed by atoms with Gasteiger partial charge in [-0.15, -0.1) is 12.4 Å². The summed E-state index contributed by atoms with van der Waals surface area (Å²) in [6.07, 6.45) is 6.25. The summed E-state index contributed by atoms with van der Waals surface area (Å²) in [5.41, 5.74) is 5.87. The summed E-state index contributed by atoms with van der Waals surface area (Å²) >= 11 is 0. The van der Waals surface area contributed by atoms with Crippen molar-refractivity contribution in [2.45, 2.75) is 50.2 Å². The highest BCUT2D eigenvalue weighted by atomic mass is 35.5. The average molecular weight is 260 g/mol. The zero-order valence-electron chi connectivity index (χ0n) is 9.72. The van der Waals surface area contributed by atoms with Gasteiger partial charge in [0.2, 0.25) is 11.7 Å². The summed E-state index contributed by atoms with van der Waals surface area (Å²) in [7, 11) is 0. The molecular formula is C11H18ClN3O2. The van der Waals surface area contributed by atoms with E-state index in [2.05, 4.69) is 10.1 Å². The molecule has 2 aliphatic rings. The Morgan fingerprint density at radius 3 is 2.65 bits per heavy atom. The summed E-state index contributed by atoms with van der Waals surface area (Å²) in [6.45, 7) is 0.794. The topological polar surface area (TPSA) is 74.2 Å². The molecule has 2 heterocycles. The van der Waals surface area contributed by atoms with E-state index >= 15 is 0 Å². The molecule has 0 radical (unpaired) electrons. The largest absolute Gasteiger partial charge is 0.370 e. The summed E-state index contributed by atoms with van der Waals surface area (Å²) in [5, 5.41) is 4.00. The number of hydrogen-bond donors (Lipinski definition) is 1. The van der Waals surface area contributed by atoms with Gasteiger partial charge in [0.15, 0.2) is 0 Å². The molecule has 6 heteroatoms. The Bertz CT molecular complexity index is 371. The van der Waals surface area contributed by atoms with E-state index in [4.69, 9.17) is 15.0 Å². The van der Waals surface area contributed by atoms with Crippen LogP contribution in [-0.2, 0) is 10.3 Å². The van der Waals surface area contributed by atoms with Crippen LogP contribution >= 0.6 is 12.4 Å². The van der Waals surface area contributed by atoms with Gasteiger partial charge < -0.3 is 15.0 Å². The Morgan fingerprint density at radius 1 is 1.24 bits per heavy atom. The van der Waals surface area contributed by atoms with Crippen LogP contribution in [0.15, 0.2) is 4.52 Å². The normalized spacial score (nSPS) is 27.0. The minimum absolute atomic E-state index is 0. The molecule has 0 aromatic carbocycles. The van der Waals surface area contributed by atoms with Gasteiger partial charge in [-0.2, -0.15) is 4.98 Å². The van der Waals surface area contributed by atoms with Crippen LogP contribution in [0.1, 0.15) is 56.3 Å². The second-order valence-corrected chi connectivity index (χ2v) is 4.82. The first-order chi connectivity index (χ1) is 7.78. The second kappa shape index (κ2) is 4.92. The molecule has 96 valence electrons. The first-order valence-electron chi connectivity index (χ1n) is 6.02. The average Bonchev–Trinajstić information content (AvgIpc) is 2.98. The Labute approximate surface area is 106 Å². The fourth-order valence-electron chi connectivity index (χ4n) is 2.57. The zero-order chi connectivity index (χ0) is 11.0. The molecule has 1 unspecified atom stereocenters. The highest BCUT2D eigenvalue weighted by Gasteiger charge is 2.37. The highest BCUT2D eigenvalue weighted by Crippen LogP contribution is 2.36. The first kappa shape index (κ1) is 12.8. The van der Waals surface area contributed by atoms with Gasteiger partial charge in [0.05, 0.1) is 5.54 Å². The third-order valence-corrected chi connectivity index (χ3v) is 3.58. The number of rotatable bonds is 2. The minimum Gasteiger partial charge on any atom is -0.370 e. The van der Waals surface area contributed by atoms with Crippen LogP contribution in [0.3, 0.4) is 0 Å². The highest BCUT2D eigenvalue weighted by molar-refractivity contribution is 5.85. The predicted octanol–water partition coefficient (Wildman–Crippen LogP) is 2.07. The van der Waals surface area contributed by atoms with Gasteiger partial charge in [-0.1, -0.05) is 18.0 Å². The smallest absolute Gasteiger partial charge is 0.246 e. The fourth-order valence-corrected chi connectivity index (χ4v) is 2.57. The van der Waals surface area contributed by atoms with Gasteiger partial charge in [0, 0.05) is 6.61 Å². The summed E-state index contributed by atoms with van der Waals surface area (Å²) in [6, 6.07) is 0. The molecule has 1 aliphatic heterocycles. The van der Waals surface area contributed by atoms with Crippen molar-refractivity contribution < 1.29 is 9.26 Å². The van der Waals surface area contributed by atoms with E-state index in [0.29, 0.717) is 11.7 Å². The maximum Gasteiger partial charge on any atom is 0.246 e. The molecule has 0 bridgehead atoms. The quantitative estimate of drug-likeness (QED) is 0.880. The molecule has 1 aromatic heterocycles. The molecule has 17 heavy (non-hydrogen) atoms. The van der Waals surface area contributed by atoms with E-state index in [1.54, 1.807) is 0 Å². The van der Waals surface area contributed by atoms with Crippen molar-refractivity contribution in [2.75, 3.05) is 6.61 Å². The van der Waals surface area contributed by atoms with E-state index < -0.39 is 0 Å². The van der Waals surface area contributed by atoms with Crippen molar-refractivity contribution in [2.24, 2.45) is 5.73 Å². The standard InChI is InChI=1S/C11H17N3O2.ClH/c12-11(5-1-2-6-11)10-13-9(14-16-10)8-4-3-7-15-8;/h8H,1-7,12H2;1H. The molecule has 5 nitrogen and oxygen atoms in total. The number of halogens is 1. The van der Waals surface area contributed by atoms with Gasteiger partial charge in [0.25, 0.3) is 0 Å². The van der Waals surface area contributed by atoms with E-state index in [-0.39, 0.29) is 24.0 Å². The summed E-state index contributed by atoms with van der Waals surface area (Å²) in [4.78, 5) is 4.42.